The molecule has 0 aliphatic carbocycles. The Morgan fingerprint density at radius 1 is 1.25 bits per heavy atom. The Kier molecular flexibility index (Phi) is 5.58. The van der Waals surface area contributed by atoms with E-state index in [0.717, 1.165) is 10.0 Å². The van der Waals surface area contributed by atoms with Gasteiger partial charge in [-0.15, -0.1) is 0 Å². The zero-order valence-electron chi connectivity index (χ0n) is 14.9. The van der Waals surface area contributed by atoms with Gasteiger partial charge >= 0.3 is 6.09 Å². The van der Waals surface area contributed by atoms with Gasteiger partial charge in [0.15, 0.2) is 0 Å². The normalized spacial score (nSPS) is 18.5. The first-order chi connectivity index (χ1) is 11.1. The van der Waals surface area contributed by atoms with E-state index in [0.29, 0.717) is 25.2 Å². The predicted octanol–water partition coefficient (Wildman–Crippen LogP) is 3.84. The highest BCUT2D eigenvalue weighted by Crippen LogP contribution is 2.22. The monoisotopic (exact) mass is 396 g/mol. The lowest BCUT2D eigenvalue weighted by Gasteiger charge is -2.40. The van der Waals surface area contributed by atoms with E-state index >= 15 is 0 Å². The standard InChI is InChI=1S/C18H25BrN2O3/c1-12-6-7-14(15(19)10-12)16(22)20-8-9-21(13(2)11-20)17(23)24-18(3,4)5/h6-7,10,13H,8-9,11H2,1-5H3. The molecule has 1 aliphatic rings. The van der Waals surface area contributed by atoms with Crippen LogP contribution in [0.1, 0.15) is 43.6 Å². The Morgan fingerprint density at radius 2 is 1.92 bits per heavy atom. The number of carbonyl (C=O) groups excluding carboxylic acids is 2. The van der Waals surface area contributed by atoms with E-state index in [1.165, 1.54) is 0 Å². The second-order valence-electron chi connectivity index (χ2n) is 7.26. The van der Waals surface area contributed by atoms with Gasteiger partial charge in [0.25, 0.3) is 5.91 Å². The Morgan fingerprint density at radius 3 is 2.46 bits per heavy atom. The number of benzene rings is 1. The highest BCUT2D eigenvalue weighted by molar-refractivity contribution is 9.10. The van der Waals surface area contributed by atoms with Crippen molar-refractivity contribution in [3.05, 3.63) is 33.8 Å². The number of piperazine rings is 1. The minimum absolute atomic E-state index is 0.0161. The predicted molar refractivity (Wildman–Crippen MR) is 97.2 cm³/mol. The van der Waals surface area contributed by atoms with Gasteiger partial charge in [-0.05, 0) is 68.2 Å². The molecule has 132 valence electrons. The van der Waals surface area contributed by atoms with Gasteiger partial charge < -0.3 is 14.5 Å². The van der Waals surface area contributed by atoms with Gasteiger partial charge in [-0.3, -0.25) is 4.79 Å². The molecule has 1 fully saturated rings. The number of aryl methyl sites for hydroxylation is 1. The summed E-state index contributed by atoms with van der Waals surface area (Å²) in [6, 6.07) is 5.63. The second kappa shape index (κ2) is 7.13. The molecule has 1 aliphatic heterocycles. The van der Waals surface area contributed by atoms with E-state index in [4.69, 9.17) is 4.74 Å². The fourth-order valence-electron chi connectivity index (χ4n) is 2.70. The molecule has 0 spiro atoms. The second-order valence-corrected chi connectivity index (χ2v) is 8.11. The Labute approximate surface area is 152 Å². The number of hydrogen-bond acceptors (Lipinski definition) is 3. The van der Waals surface area contributed by atoms with Crippen molar-refractivity contribution in [2.24, 2.45) is 0 Å². The summed E-state index contributed by atoms with van der Waals surface area (Å²) >= 11 is 3.47. The van der Waals surface area contributed by atoms with Gasteiger partial charge in [0, 0.05) is 30.1 Å². The highest BCUT2D eigenvalue weighted by atomic mass is 79.9. The summed E-state index contributed by atoms with van der Waals surface area (Å²) in [5.74, 6) is -0.0161. The first-order valence-corrected chi connectivity index (χ1v) is 8.93. The van der Waals surface area contributed by atoms with E-state index in [9.17, 15) is 9.59 Å². The molecule has 0 radical (unpaired) electrons. The van der Waals surface area contributed by atoms with E-state index < -0.39 is 5.60 Å². The quantitative estimate of drug-likeness (QED) is 0.724. The maximum atomic E-state index is 12.7. The van der Waals surface area contributed by atoms with Crippen LogP contribution in [0, 0.1) is 6.92 Å². The Bertz CT molecular complexity index is 640. The number of rotatable bonds is 1. The van der Waals surface area contributed by atoms with Crippen LogP contribution >= 0.6 is 15.9 Å². The molecular formula is C18H25BrN2O3. The smallest absolute Gasteiger partial charge is 0.410 e. The Hall–Kier alpha value is -1.56. The molecule has 1 atom stereocenters. The van der Waals surface area contributed by atoms with Gasteiger partial charge in [-0.1, -0.05) is 6.07 Å². The van der Waals surface area contributed by atoms with Crippen LogP contribution in [-0.4, -0.2) is 53.1 Å². The molecule has 5 nitrogen and oxygen atoms in total. The molecule has 1 saturated heterocycles. The largest absolute Gasteiger partial charge is 0.444 e. The topological polar surface area (TPSA) is 49.9 Å². The van der Waals surface area contributed by atoms with Crippen LogP contribution < -0.4 is 0 Å². The van der Waals surface area contributed by atoms with E-state index in [-0.39, 0.29) is 18.0 Å². The summed E-state index contributed by atoms with van der Waals surface area (Å²) in [5, 5.41) is 0. The van der Waals surface area contributed by atoms with Crippen LogP contribution in [0.5, 0.6) is 0 Å². The van der Waals surface area contributed by atoms with Gasteiger partial charge in [0.05, 0.1) is 5.56 Å². The van der Waals surface area contributed by atoms with Gasteiger partial charge in [-0.2, -0.15) is 0 Å². The molecule has 24 heavy (non-hydrogen) atoms. The zero-order chi connectivity index (χ0) is 18.1. The van der Waals surface area contributed by atoms with Crippen LogP contribution in [0.4, 0.5) is 4.79 Å². The van der Waals surface area contributed by atoms with Crippen LogP contribution in [0.3, 0.4) is 0 Å². The van der Waals surface area contributed by atoms with Crippen molar-refractivity contribution in [2.75, 3.05) is 19.6 Å². The van der Waals surface area contributed by atoms with Crippen molar-refractivity contribution in [1.82, 2.24) is 9.80 Å². The van der Waals surface area contributed by atoms with Crippen LogP contribution in [0.2, 0.25) is 0 Å². The minimum atomic E-state index is -0.517. The first kappa shape index (κ1) is 18.8. The molecule has 1 aromatic rings. The fraction of sp³-hybridized carbons (Fsp3) is 0.556. The number of halogens is 1. The summed E-state index contributed by atoms with van der Waals surface area (Å²) in [4.78, 5) is 28.5. The summed E-state index contributed by atoms with van der Waals surface area (Å²) in [6.07, 6.45) is -0.321. The number of amides is 2. The lowest BCUT2D eigenvalue weighted by atomic mass is 10.1. The molecule has 0 N–H and O–H groups in total. The molecule has 1 heterocycles. The van der Waals surface area contributed by atoms with E-state index in [1.807, 2.05) is 52.8 Å². The Balaban J connectivity index is 2.05. The number of carbonyl (C=O) groups is 2. The van der Waals surface area contributed by atoms with Gasteiger partial charge in [-0.25, -0.2) is 4.79 Å². The third-order valence-corrected chi connectivity index (χ3v) is 4.55. The molecule has 0 bridgehead atoms. The average Bonchev–Trinajstić information content (AvgIpc) is 2.44. The molecule has 0 aromatic heterocycles. The lowest BCUT2D eigenvalue weighted by Crippen LogP contribution is -2.56. The van der Waals surface area contributed by atoms with Crippen LogP contribution in [-0.2, 0) is 4.74 Å². The first-order valence-electron chi connectivity index (χ1n) is 8.13. The highest BCUT2D eigenvalue weighted by Gasteiger charge is 2.33. The van der Waals surface area contributed by atoms with Crippen molar-refractivity contribution in [3.8, 4) is 0 Å². The molecular weight excluding hydrogens is 372 g/mol. The molecule has 0 saturated carbocycles. The van der Waals surface area contributed by atoms with Crippen molar-refractivity contribution in [1.29, 1.82) is 0 Å². The SMILES string of the molecule is Cc1ccc(C(=O)N2CCN(C(=O)OC(C)(C)C)C(C)C2)c(Br)c1. The van der Waals surface area contributed by atoms with Crippen LogP contribution in [0.15, 0.2) is 22.7 Å². The maximum Gasteiger partial charge on any atom is 0.410 e. The third-order valence-electron chi connectivity index (χ3n) is 3.90. The summed E-state index contributed by atoms with van der Waals surface area (Å²) in [6.45, 7) is 11.0. The molecule has 1 aromatic carbocycles. The van der Waals surface area contributed by atoms with Gasteiger partial charge in [0.1, 0.15) is 5.60 Å². The lowest BCUT2D eigenvalue weighted by molar-refractivity contribution is 0.00197. The van der Waals surface area contributed by atoms with Gasteiger partial charge in [0.2, 0.25) is 0 Å². The molecule has 2 amide bonds. The molecule has 6 heteroatoms. The summed E-state index contributed by atoms with van der Waals surface area (Å²) in [7, 11) is 0. The van der Waals surface area contributed by atoms with E-state index in [2.05, 4.69) is 15.9 Å². The van der Waals surface area contributed by atoms with Crippen molar-refractivity contribution < 1.29 is 14.3 Å². The number of ether oxygens (including phenoxy) is 1. The van der Waals surface area contributed by atoms with Crippen molar-refractivity contribution >= 4 is 27.9 Å². The molecule has 2 rings (SSSR count). The minimum Gasteiger partial charge on any atom is -0.444 e. The third kappa shape index (κ3) is 4.50. The fourth-order valence-corrected chi connectivity index (χ4v) is 3.36. The maximum absolute atomic E-state index is 12.7. The summed E-state index contributed by atoms with van der Waals surface area (Å²) in [5.41, 5.74) is 1.23. The number of hydrogen-bond donors (Lipinski definition) is 0. The van der Waals surface area contributed by atoms with Crippen molar-refractivity contribution in [3.63, 3.8) is 0 Å². The average molecular weight is 397 g/mol. The van der Waals surface area contributed by atoms with Crippen LogP contribution in [0.25, 0.3) is 0 Å². The van der Waals surface area contributed by atoms with E-state index in [1.54, 1.807) is 9.80 Å². The van der Waals surface area contributed by atoms with Crippen molar-refractivity contribution in [2.45, 2.75) is 46.3 Å². The summed E-state index contributed by atoms with van der Waals surface area (Å²) < 4.78 is 6.24. The molecule has 1 unspecified atom stereocenters. The number of nitrogens with zero attached hydrogens (tertiary/aromatic N) is 2. The zero-order valence-corrected chi connectivity index (χ0v) is 16.5.